The molecule has 0 unspecified atom stereocenters. The Morgan fingerprint density at radius 2 is 1.77 bits per heavy atom. The monoisotopic (exact) mass is 433 g/mol. The lowest BCUT2D eigenvalue weighted by atomic mass is 9.64. The fourth-order valence-electron chi connectivity index (χ4n) is 6.03. The second kappa shape index (κ2) is 8.09. The summed E-state index contributed by atoms with van der Waals surface area (Å²) in [5.74, 6) is 0.296. The highest BCUT2D eigenvalue weighted by Crippen LogP contribution is 2.50. The molecule has 3 heterocycles. The van der Waals surface area contributed by atoms with Crippen molar-refractivity contribution in [1.29, 1.82) is 0 Å². The Balaban J connectivity index is 1.23. The number of hydrogen-bond acceptors (Lipinski definition) is 4. The van der Waals surface area contributed by atoms with E-state index in [1.165, 1.54) is 9.80 Å². The number of likely N-dealkylation sites (tertiary alicyclic amines) is 3. The number of hydrogen-bond donors (Lipinski definition) is 1. The van der Waals surface area contributed by atoms with Crippen molar-refractivity contribution in [3.8, 4) is 0 Å². The number of carbonyl (C=O) groups is 2. The summed E-state index contributed by atoms with van der Waals surface area (Å²) in [6.45, 7) is 2.06. The number of rotatable bonds is 3. The molecule has 30 heavy (non-hydrogen) atoms. The third-order valence-electron chi connectivity index (χ3n) is 7.57. The minimum absolute atomic E-state index is 0.0282. The predicted octanol–water partition coefficient (Wildman–Crippen LogP) is 3.39. The molecular weight excluding hydrogens is 403 g/mol. The first-order valence-electron chi connectivity index (χ1n) is 10.9. The zero-order valence-electron chi connectivity index (χ0n) is 17.1. The molecule has 0 aromatic rings. The van der Waals surface area contributed by atoms with E-state index in [0.29, 0.717) is 31.6 Å². The Bertz CT molecular complexity index is 660. The number of piperidine rings is 1. The van der Waals surface area contributed by atoms with Crippen molar-refractivity contribution in [1.82, 2.24) is 14.7 Å². The number of carboxylic acid groups (broad SMARTS) is 1. The zero-order valence-corrected chi connectivity index (χ0v) is 17.1. The molecule has 4 rings (SSSR count). The molecule has 1 N–H and O–H groups in total. The number of amides is 2. The van der Waals surface area contributed by atoms with Crippen LogP contribution < -0.4 is 0 Å². The van der Waals surface area contributed by atoms with Crippen molar-refractivity contribution in [2.75, 3.05) is 39.3 Å². The van der Waals surface area contributed by atoms with Gasteiger partial charge in [-0.2, -0.15) is 13.2 Å². The van der Waals surface area contributed by atoms with E-state index in [0.717, 1.165) is 58.0 Å². The van der Waals surface area contributed by atoms with Crippen LogP contribution in [0.2, 0.25) is 0 Å². The predicted molar refractivity (Wildman–Crippen MR) is 101 cm³/mol. The van der Waals surface area contributed by atoms with Crippen LogP contribution in [0.5, 0.6) is 0 Å². The number of carbonyl (C=O) groups excluding carboxylic acids is 1. The van der Waals surface area contributed by atoms with Crippen molar-refractivity contribution in [3.05, 3.63) is 0 Å². The standard InChI is InChI=1S/C20H30F3N3O4/c21-20(22,23)13-30-18(29)26-6-1-2-16(26)14-3-7-24(8-4-14)15-10-19(11-15)5-9-25(12-19)17(27)28/h14-16H,1-13H2,(H,27,28)/t15?,16-,19?/m0/s1. The number of nitrogens with zero attached hydrogens (tertiary/aromatic N) is 3. The molecular formula is C20H30F3N3O4. The Labute approximate surface area is 174 Å². The van der Waals surface area contributed by atoms with Crippen LogP contribution in [0.25, 0.3) is 0 Å². The molecule has 0 radical (unpaired) electrons. The van der Waals surface area contributed by atoms with E-state index in [1.54, 1.807) is 0 Å². The first kappa shape index (κ1) is 21.5. The number of halogens is 3. The average molecular weight is 433 g/mol. The maximum absolute atomic E-state index is 12.4. The average Bonchev–Trinajstić information content (AvgIpc) is 3.32. The van der Waals surface area contributed by atoms with Crippen molar-refractivity contribution in [2.45, 2.75) is 63.2 Å². The van der Waals surface area contributed by atoms with Gasteiger partial charge in [0.1, 0.15) is 0 Å². The molecule has 0 aromatic carbocycles. The summed E-state index contributed by atoms with van der Waals surface area (Å²) >= 11 is 0. The molecule has 3 aliphatic heterocycles. The van der Waals surface area contributed by atoms with Gasteiger partial charge < -0.3 is 24.5 Å². The van der Waals surface area contributed by atoms with E-state index in [1.807, 2.05) is 0 Å². The SMILES string of the molecule is O=C(O)N1CCC2(CC(N3CCC([C@@H]4CCCN4C(=O)OCC(F)(F)F)CC3)C2)C1. The first-order chi connectivity index (χ1) is 14.2. The summed E-state index contributed by atoms with van der Waals surface area (Å²) < 4.78 is 41.5. The normalized spacial score (nSPS) is 33.2. The zero-order chi connectivity index (χ0) is 21.5. The van der Waals surface area contributed by atoms with Crippen molar-refractivity contribution >= 4 is 12.2 Å². The van der Waals surface area contributed by atoms with Crippen molar-refractivity contribution in [3.63, 3.8) is 0 Å². The van der Waals surface area contributed by atoms with E-state index in [2.05, 4.69) is 9.64 Å². The van der Waals surface area contributed by atoms with Gasteiger partial charge in [-0.15, -0.1) is 0 Å². The summed E-state index contributed by atoms with van der Waals surface area (Å²) in [6.07, 6.45) is 0.341. The minimum Gasteiger partial charge on any atom is -0.465 e. The van der Waals surface area contributed by atoms with Crippen LogP contribution in [0.1, 0.15) is 44.9 Å². The highest BCUT2D eigenvalue weighted by Gasteiger charge is 2.51. The van der Waals surface area contributed by atoms with Crippen LogP contribution in [0, 0.1) is 11.3 Å². The summed E-state index contributed by atoms with van der Waals surface area (Å²) in [5, 5.41) is 9.17. The smallest absolute Gasteiger partial charge is 0.422 e. The Kier molecular flexibility index (Phi) is 5.80. The van der Waals surface area contributed by atoms with Crippen LogP contribution in [-0.2, 0) is 4.74 Å². The molecule has 4 aliphatic rings. The van der Waals surface area contributed by atoms with Gasteiger partial charge in [0.25, 0.3) is 0 Å². The number of ether oxygens (including phenoxy) is 1. The fourth-order valence-corrected chi connectivity index (χ4v) is 6.03. The van der Waals surface area contributed by atoms with E-state index < -0.39 is 25.0 Å². The molecule has 1 atom stereocenters. The summed E-state index contributed by atoms with van der Waals surface area (Å²) in [7, 11) is 0. The molecule has 10 heteroatoms. The maximum atomic E-state index is 12.4. The van der Waals surface area contributed by atoms with Crippen LogP contribution in [0.4, 0.5) is 22.8 Å². The Morgan fingerprint density at radius 3 is 2.37 bits per heavy atom. The van der Waals surface area contributed by atoms with Gasteiger partial charge in [0.2, 0.25) is 0 Å². The molecule has 3 saturated heterocycles. The third kappa shape index (κ3) is 4.48. The van der Waals surface area contributed by atoms with E-state index >= 15 is 0 Å². The lowest BCUT2D eigenvalue weighted by Crippen LogP contribution is -2.55. The van der Waals surface area contributed by atoms with Gasteiger partial charge in [-0.05, 0) is 69.4 Å². The highest BCUT2D eigenvalue weighted by atomic mass is 19.4. The first-order valence-corrected chi connectivity index (χ1v) is 10.9. The summed E-state index contributed by atoms with van der Waals surface area (Å²) in [6, 6.07) is 0.468. The van der Waals surface area contributed by atoms with Gasteiger partial charge in [0, 0.05) is 31.7 Å². The van der Waals surface area contributed by atoms with Crippen LogP contribution in [0.15, 0.2) is 0 Å². The van der Waals surface area contributed by atoms with Gasteiger partial charge in [-0.1, -0.05) is 0 Å². The van der Waals surface area contributed by atoms with E-state index in [4.69, 9.17) is 5.11 Å². The molecule has 0 bridgehead atoms. The van der Waals surface area contributed by atoms with E-state index in [-0.39, 0.29) is 11.5 Å². The molecule has 0 aromatic heterocycles. The highest BCUT2D eigenvalue weighted by molar-refractivity contribution is 5.68. The van der Waals surface area contributed by atoms with Gasteiger partial charge >= 0.3 is 18.4 Å². The number of alkyl halides is 3. The molecule has 4 fully saturated rings. The lowest BCUT2D eigenvalue weighted by Gasteiger charge is -2.52. The third-order valence-corrected chi connectivity index (χ3v) is 7.57. The van der Waals surface area contributed by atoms with Gasteiger partial charge in [-0.25, -0.2) is 9.59 Å². The van der Waals surface area contributed by atoms with Gasteiger partial charge in [-0.3, -0.25) is 0 Å². The lowest BCUT2D eigenvalue weighted by molar-refractivity contribution is -0.162. The quantitative estimate of drug-likeness (QED) is 0.739. The molecule has 7 nitrogen and oxygen atoms in total. The second-order valence-electron chi connectivity index (χ2n) is 9.46. The largest absolute Gasteiger partial charge is 0.465 e. The van der Waals surface area contributed by atoms with E-state index in [9.17, 15) is 22.8 Å². The molecule has 1 saturated carbocycles. The molecule has 2 amide bonds. The Morgan fingerprint density at radius 1 is 1.07 bits per heavy atom. The van der Waals surface area contributed by atoms with Gasteiger partial charge in [0.05, 0.1) is 0 Å². The topological polar surface area (TPSA) is 73.3 Å². The van der Waals surface area contributed by atoms with Crippen LogP contribution >= 0.6 is 0 Å². The molecule has 1 aliphatic carbocycles. The maximum Gasteiger partial charge on any atom is 0.422 e. The minimum atomic E-state index is -4.50. The summed E-state index contributed by atoms with van der Waals surface area (Å²) in [4.78, 5) is 28.8. The molecule has 1 spiro atoms. The van der Waals surface area contributed by atoms with Crippen LogP contribution in [-0.4, -0.2) is 89.6 Å². The Hall–Kier alpha value is -1.71. The second-order valence-corrected chi connectivity index (χ2v) is 9.46. The van der Waals surface area contributed by atoms with Crippen LogP contribution in [0.3, 0.4) is 0 Å². The van der Waals surface area contributed by atoms with Crippen molar-refractivity contribution < 1.29 is 32.6 Å². The van der Waals surface area contributed by atoms with Crippen molar-refractivity contribution in [2.24, 2.45) is 11.3 Å². The summed E-state index contributed by atoms with van der Waals surface area (Å²) in [5.41, 5.74) is 0.157. The van der Waals surface area contributed by atoms with Gasteiger partial charge in [0.15, 0.2) is 6.61 Å². The fraction of sp³-hybridized carbons (Fsp3) is 0.900. The molecule has 170 valence electrons.